The van der Waals surface area contributed by atoms with Gasteiger partial charge in [0.05, 0.1) is 5.56 Å². The normalized spacial score (nSPS) is 11.5. The first-order valence-corrected chi connectivity index (χ1v) is 4.99. The van der Waals surface area contributed by atoms with Gasteiger partial charge < -0.3 is 15.2 Å². The lowest BCUT2D eigenvalue weighted by Gasteiger charge is -2.21. The van der Waals surface area contributed by atoms with E-state index in [1.165, 1.54) is 0 Å². The Morgan fingerprint density at radius 3 is 2.33 bits per heavy atom. The van der Waals surface area contributed by atoms with Crippen molar-refractivity contribution in [2.24, 2.45) is 5.16 Å². The largest absolute Gasteiger partial charge is 0.507 e. The number of hydrogen-bond donors (Lipinski definition) is 2. The molecular weight excluding hydrogens is 192 g/mol. The van der Waals surface area contributed by atoms with Crippen molar-refractivity contribution in [3.63, 3.8) is 0 Å². The van der Waals surface area contributed by atoms with Crippen LogP contribution >= 0.6 is 0 Å². The van der Waals surface area contributed by atoms with Gasteiger partial charge in [-0.1, -0.05) is 17.3 Å². The molecule has 82 valence electrons. The number of aromatic hydroxyl groups is 1. The molecule has 4 nitrogen and oxygen atoms in total. The number of para-hydroxylation sites is 1. The second-order valence-corrected chi connectivity index (χ2v) is 3.11. The molecular formula is C11H16N2O2. The standard InChI is InChI=1S/C11H16N2O2/c1-3-13(4-2)11(12-15)9-7-5-6-8-10(9)14/h5-8,14-15H,3-4H2,1-2H3/b12-11+. The average molecular weight is 208 g/mol. The molecule has 0 unspecified atom stereocenters. The van der Waals surface area contributed by atoms with Gasteiger partial charge in [-0.3, -0.25) is 0 Å². The van der Waals surface area contributed by atoms with E-state index in [0.717, 1.165) is 13.1 Å². The molecule has 0 aliphatic rings. The molecule has 0 aliphatic carbocycles. The van der Waals surface area contributed by atoms with Crippen LogP contribution in [0.3, 0.4) is 0 Å². The number of phenolic OH excluding ortho intramolecular Hbond substituents is 1. The maximum Gasteiger partial charge on any atom is 0.178 e. The van der Waals surface area contributed by atoms with Gasteiger partial charge in [0.25, 0.3) is 0 Å². The molecule has 1 aromatic carbocycles. The van der Waals surface area contributed by atoms with E-state index in [2.05, 4.69) is 5.16 Å². The molecule has 0 aliphatic heterocycles. The molecule has 0 fully saturated rings. The zero-order valence-corrected chi connectivity index (χ0v) is 9.01. The molecule has 4 heteroatoms. The van der Waals surface area contributed by atoms with Crippen LogP contribution in [-0.4, -0.2) is 34.1 Å². The summed E-state index contributed by atoms with van der Waals surface area (Å²) in [5.74, 6) is 0.523. The van der Waals surface area contributed by atoms with Gasteiger partial charge in [0.15, 0.2) is 5.84 Å². The summed E-state index contributed by atoms with van der Waals surface area (Å²) >= 11 is 0. The van der Waals surface area contributed by atoms with Gasteiger partial charge in [-0.15, -0.1) is 0 Å². The van der Waals surface area contributed by atoms with Crippen molar-refractivity contribution in [2.45, 2.75) is 13.8 Å². The number of rotatable bonds is 3. The predicted octanol–water partition coefficient (Wildman–Crippen LogP) is 1.87. The highest BCUT2D eigenvalue weighted by atomic mass is 16.4. The molecule has 0 bridgehead atoms. The third-order valence-corrected chi connectivity index (χ3v) is 2.30. The van der Waals surface area contributed by atoms with Crippen molar-refractivity contribution in [3.05, 3.63) is 29.8 Å². The molecule has 1 rings (SSSR count). The number of phenols is 1. The van der Waals surface area contributed by atoms with Gasteiger partial charge in [-0.25, -0.2) is 0 Å². The topological polar surface area (TPSA) is 56.1 Å². The van der Waals surface area contributed by atoms with Crippen molar-refractivity contribution >= 4 is 5.84 Å². The minimum absolute atomic E-state index is 0.122. The van der Waals surface area contributed by atoms with Crippen molar-refractivity contribution in [3.8, 4) is 5.75 Å². The van der Waals surface area contributed by atoms with Gasteiger partial charge >= 0.3 is 0 Å². The number of oxime groups is 1. The van der Waals surface area contributed by atoms with Crippen molar-refractivity contribution in [2.75, 3.05) is 13.1 Å². The van der Waals surface area contributed by atoms with E-state index in [0.29, 0.717) is 11.4 Å². The van der Waals surface area contributed by atoms with Gasteiger partial charge in [0.1, 0.15) is 5.75 Å². The highest BCUT2D eigenvalue weighted by molar-refractivity contribution is 6.00. The summed E-state index contributed by atoms with van der Waals surface area (Å²) in [5, 5.41) is 21.8. The highest BCUT2D eigenvalue weighted by Crippen LogP contribution is 2.18. The lowest BCUT2D eigenvalue weighted by Crippen LogP contribution is -2.31. The molecule has 0 aromatic heterocycles. The van der Waals surface area contributed by atoms with Gasteiger partial charge in [0.2, 0.25) is 0 Å². The van der Waals surface area contributed by atoms with Crippen LogP contribution in [0.2, 0.25) is 0 Å². The molecule has 0 atom stereocenters. The highest BCUT2D eigenvalue weighted by Gasteiger charge is 2.14. The first-order chi connectivity index (χ1) is 7.24. The number of benzene rings is 1. The summed E-state index contributed by atoms with van der Waals surface area (Å²) in [4.78, 5) is 1.87. The molecule has 1 aromatic rings. The van der Waals surface area contributed by atoms with Crippen LogP contribution in [0, 0.1) is 0 Å². The third-order valence-electron chi connectivity index (χ3n) is 2.30. The first-order valence-electron chi connectivity index (χ1n) is 4.99. The Morgan fingerprint density at radius 1 is 1.27 bits per heavy atom. The number of hydrogen-bond acceptors (Lipinski definition) is 3. The minimum Gasteiger partial charge on any atom is -0.507 e. The molecule has 0 amide bonds. The van der Waals surface area contributed by atoms with E-state index in [1.807, 2.05) is 18.7 Å². The molecule has 0 heterocycles. The average Bonchev–Trinajstić information content (AvgIpc) is 2.27. The third kappa shape index (κ3) is 2.40. The fourth-order valence-corrected chi connectivity index (χ4v) is 1.47. The smallest absolute Gasteiger partial charge is 0.178 e. The molecule has 2 N–H and O–H groups in total. The van der Waals surface area contributed by atoms with Crippen LogP contribution in [0.1, 0.15) is 19.4 Å². The Morgan fingerprint density at radius 2 is 1.87 bits per heavy atom. The molecule has 0 saturated carbocycles. The summed E-state index contributed by atoms with van der Waals surface area (Å²) in [6, 6.07) is 6.83. The molecule has 0 spiro atoms. The summed E-state index contributed by atoms with van der Waals surface area (Å²) in [7, 11) is 0. The Bertz CT molecular complexity index is 346. The Hall–Kier alpha value is -1.71. The van der Waals surface area contributed by atoms with Crippen molar-refractivity contribution in [1.82, 2.24) is 4.90 Å². The van der Waals surface area contributed by atoms with E-state index in [-0.39, 0.29) is 5.75 Å². The van der Waals surface area contributed by atoms with E-state index >= 15 is 0 Å². The number of nitrogens with zero attached hydrogens (tertiary/aromatic N) is 2. The van der Waals surface area contributed by atoms with Gasteiger partial charge in [0, 0.05) is 13.1 Å². The van der Waals surface area contributed by atoms with Crippen LogP contribution in [0.5, 0.6) is 5.75 Å². The second kappa shape index (κ2) is 5.24. The lowest BCUT2D eigenvalue weighted by atomic mass is 10.1. The van der Waals surface area contributed by atoms with Crippen molar-refractivity contribution in [1.29, 1.82) is 0 Å². The van der Waals surface area contributed by atoms with E-state index in [9.17, 15) is 5.11 Å². The fourth-order valence-electron chi connectivity index (χ4n) is 1.47. The second-order valence-electron chi connectivity index (χ2n) is 3.11. The van der Waals surface area contributed by atoms with Crippen LogP contribution in [-0.2, 0) is 0 Å². The minimum atomic E-state index is 0.122. The first kappa shape index (κ1) is 11.4. The van der Waals surface area contributed by atoms with Crippen LogP contribution in [0.4, 0.5) is 0 Å². The fraction of sp³-hybridized carbons (Fsp3) is 0.364. The number of amidine groups is 1. The SMILES string of the molecule is CCN(CC)/C(=N/O)c1ccccc1O. The van der Waals surface area contributed by atoms with Crippen LogP contribution in [0.15, 0.2) is 29.4 Å². The van der Waals surface area contributed by atoms with Crippen LogP contribution in [0.25, 0.3) is 0 Å². The van der Waals surface area contributed by atoms with E-state index in [1.54, 1.807) is 24.3 Å². The van der Waals surface area contributed by atoms with Gasteiger partial charge in [-0.05, 0) is 26.0 Å². The van der Waals surface area contributed by atoms with Gasteiger partial charge in [-0.2, -0.15) is 0 Å². The van der Waals surface area contributed by atoms with E-state index in [4.69, 9.17) is 5.21 Å². The summed E-state index contributed by atoms with van der Waals surface area (Å²) in [6.45, 7) is 5.39. The summed E-state index contributed by atoms with van der Waals surface area (Å²) in [6.07, 6.45) is 0. The lowest BCUT2D eigenvalue weighted by molar-refractivity contribution is 0.303. The van der Waals surface area contributed by atoms with E-state index < -0.39 is 0 Å². The monoisotopic (exact) mass is 208 g/mol. The molecule has 15 heavy (non-hydrogen) atoms. The predicted molar refractivity (Wildman–Crippen MR) is 59.4 cm³/mol. The zero-order valence-electron chi connectivity index (χ0n) is 9.01. The zero-order chi connectivity index (χ0) is 11.3. The maximum absolute atomic E-state index is 9.63. The Labute approximate surface area is 89.5 Å². The Kier molecular flexibility index (Phi) is 3.97. The summed E-state index contributed by atoms with van der Waals surface area (Å²) in [5.41, 5.74) is 0.545. The van der Waals surface area contributed by atoms with Crippen LogP contribution < -0.4 is 0 Å². The van der Waals surface area contributed by atoms with Crippen molar-refractivity contribution < 1.29 is 10.3 Å². The Balaban J connectivity index is 3.08. The maximum atomic E-state index is 9.63. The molecule has 0 radical (unpaired) electrons. The quantitative estimate of drug-likeness (QED) is 0.345. The summed E-state index contributed by atoms with van der Waals surface area (Å²) < 4.78 is 0. The molecule has 0 saturated heterocycles.